The SMILES string of the molecule is CC(O[Si](C)(C)C(Cl)Cl)C1CCCC1. The smallest absolute Gasteiger partial charge is 0.220 e. The summed E-state index contributed by atoms with van der Waals surface area (Å²) in [5.74, 6) is 0.730. The molecule has 0 aliphatic heterocycles. The van der Waals surface area contributed by atoms with E-state index in [1.165, 1.54) is 25.7 Å². The van der Waals surface area contributed by atoms with Crippen LogP contribution in [-0.4, -0.2) is 18.9 Å². The summed E-state index contributed by atoms with van der Waals surface area (Å²) in [5.41, 5.74) is 0. The summed E-state index contributed by atoms with van der Waals surface area (Å²) in [5, 5.41) is 0. The second kappa shape index (κ2) is 5.20. The largest absolute Gasteiger partial charge is 0.412 e. The number of alkyl halides is 2. The Bertz CT molecular complexity index is 179. The molecule has 0 bridgehead atoms. The van der Waals surface area contributed by atoms with E-state index in [0.29, 0.717) is 6.10 Å². The van der Waals surface area contributed by atoms with Crippen molar-refractivity contribution < 1.29 is 4.43 Å². The van der Waals surface area contributed by atoms with Crippen LogP contribution in [0.1, 0.15) is 32.6 Å². The highest BCUT2D eigenvalue weighted by Gasteiger charge is 2.35. The third-order valence-electron chi connectivity index (χ3n) is 3.08. The first-order valence-electron chi connectivity index (χ1n) is 5.39. The Kier molecular flexibility index (Phi) is 4.76. The first kappa shape index (κ1) is 12.8. The first-order valence-corrected chi connectivity index (χ1v) is 9.25. The zero-order chi connectivity index (χ0) is 10.8. The van der Waals surface area contributed by atoms with Gasteiger partial charge in [-0.1, -0.05) is 12.8 Å². The Morgan fingerprint density at radius 3 is 2.14 bits per heavy atom. The van der Waals surface area contributed by atoms with Crippen molar-refractivity contribution in [3.8, 4) is 0 Å². The highest BCUT2D eigenvalue weighted by atomic mass is 35.5. The van der Waals surface area contributed by atoms with Crippen LogP contribution >= 0.6 is 23.2 Å². The highest BCUT2D eigenvalue weighted by Crippen LogP contribution is 2.32. The molecular weight excluding hydrogens is 235 g/mol. The van der Waals surface area contributed by atoms with Gasteiger partial charge in [0.1, 0.15) is 4.46 Å². The molecule has 0 amide bonds. The molecule has 14 heavy (non-hydrogen) atoms. The second-order valence-corrected chi connectivity index (χ2v) is 10.6. The van der Waals surface area contributed by atoms with Crippen LogP contribution < -0.4 is 0 Å². The Labute approximate surface area is 98.2 Å². The van der Waals surface area contributed by atoms with Crippen LogP contribution in [0, 0.1) is 5.92 Å². The molecule has 0 heterocycles. The molecule has 0 radical (unpaired) electrons. The van der Waals surface area contributed by atoms with E-state index in [-0.39, 0.29) is 4.46 Å². The maximum absolute atomic E-state index is 6.06. The zero-order valence-corrected chi connectivity index (χ0v) is 11.7. The quantitative estimate of drug-likeness (QED) is 0.542. The lowest BCUT2D eigenvalue weighted by Crippen LogP contribution is -2.43. The zero-order valence-electron chi connectivity index (χ0n) is 9.22. The summed E-state index contributed by atoms with van der Waals surface area (Å²) < 4.78 is 5.73. The van der Waals surface area contributed by atoms with Gasteiger partial charge >= 0.3 is 0 Å². The molecule has 4 heteroatoms. The number of rotatable bonds is 4. The lowest BCUT2D eigenvalue weighted by atomic mass is 10.0. The van der Waals surface area contributed by atoms with Crippen LogP contribution in [0.15, 0.2) is 0 Å². The van der Waals surface area contributed by atoms with Crippen LogP contribution in [0.25, 0.3) is 0 Å². The fraction of sp³-hybridized carbons (Fsp3) is 1.00. The highest BCUT2D eigenvalue weighted by molar-refractivity contribution is 6.88. The lowest BCUT2D eigenvalue weighted by molar-refractivity contribution is 0.145. The Balaban J connectivity index is 2.42. The minimum absolute atomic E-state index is 0.327. The van der Waals surface area contributed by atoms with Gasteiger partial charge < -0.3 is 4.43 Å². The molecule has 0 N–H and O–H groups in total. The van der Waals surface area contributed by atoms with Crippen molar-refractivity contribution in [2.24, 2.45) is 5.92 Å². The van der Waals surface area contributed by atoms with E-state index in [1.54, 1.807) is 0 Å². The van der Waals surface area contributed by atoms with E-state index in [1.807, 2.05) is 0 Å². The Morgan fingerprint density at radius 1 is 1.21 bits per heavy atom. The molecule has 1 unspecified atom stereocenters. The maximum atomic E-state index is 6.06. The van der Waals surface area contributed by atoms with Gasteiger partial charge in [0, 0.05) is 6.10 Å². The van der Waals surface area contributed by atoms with Gasteiger partial charge in [0.15, 0.2) is 0 Å². The van der Waals surface area contributed by atoms with Crippen molar-refractivity contribution >= 4 is 31.5 Å². The fourth-order valence-electron chi connectivity index (χ4n) is 2.05. The van der Waals surface area contributed by atoms with Gasteiger partial charge in [0.2, 0.25) is 8.32 Å². The summed E-state index contributed by atoms with van der Waals surface area (Å²) in [4.78, 5) is 0. The molecule has 84 valence electrons. The van der Waals surface area contributed by atoms with Gasteiger partial charge in [-0.15, -0.1) is 23.2 Å². The average Bonchev–Trinajstić information content (AvgIpc) is 2.54. The van der Waals surface area contributed by atoms with Crippen molar-refractivity contribution in [1.82, 2.24) is 0 Å². The predicted octanol–water partition coefficient (Wildman–Crippen LogP) is 4.13. The molecule has 0 spiro atoms. The van der Waals surface area contributed by atoms with Crippen LogP contribution in [0.2, 0.25) is 13.1 Å². The van der Waals surface area contributed by atoms with Crippen molar-refractivity contribution in [3.63, 3.8) is 0 Å². The minimum Gasteiger partial charge on any atom is -0.412 e. The maximum Gasteiger partial charge on any atom is 0.220 e. The van der Waals surface area contributed by atoms with Crippen molar-refractivity contribution in [1.29, 1.82) is 0 Å². The molecule has 1 rings (SSSR count). The third kappa shape index (κ3) is 3.40. The predicted molar refractivity (Wildman–Crippen MR) is 65.5 cm³/mol. The number of hydrogen-bond acceptors (Lipinski definition) is 1. The molecule has 0 aromatic carbocycles. The van der Waals surface area contributed by atoms with Gasteiger partial charge in [-0.05, 0) is 38.8 Å². The van der Waals surface area contributed by atoms with Crippen molar-refractivity contribution in [3.05, 3.63) is 0 Å². The topological polar surface area (TPSA) is 9.23 Å². The third-order valence-corrected chi connectivity index (χ3v) is 8.26. The van der Waals surface area contributed by atoms with Crippen molar-refractivity contribution in [2.45, 2.75) is 56.3 Å². The second-order valence-electron chi connectivity index (χ2n) is 4.77. The van der Waals surface area contributed by atoms with Gasteiger partial charge in [-0.25, -0.2) is 0 Å². The fourth-order valence-corrected chi connectivity index (χ4v) is 3.62. The molecular formula is C10H20Cl2OSi. The molecule has 1 atom stereocenters. The molecule has 0 saturated heterocycles. The van der Waals surface area contributed by atoms with E-state index in [0.717, 1.165) is 5.92 Å². The van der Waals surface area contributed by atoms with E-state index >= 15 is 0 Å². The van der Waals surface area contributed by atoms with Crippen LogP contribution in [0.5, 0.6) is 0 Å². The van der Waals surface area contributed by atoms with E-state index in [4.69, 9.17) is 27.6 Å². The first-order chi connectivity index (χ1) is 6.43. The Morgan fingerprint density at radius 2 is 1.71 bits per heavy atom. The van der Waals surface area contributed by atoms with Gasteiger partial charge in [-0.2, -0.15) is 0 Å². The van der Waals surface area contributed by atoms with E-state index in [2.05, 4.69) is 20.0 Å². The van der Waals surface area contributed by atoms with E-state index < -0.39 is 8.32 Å². The summed E-state index contributed by atoms with van der Waals surface area (Å²) in [6, 6.07) is 0. The van der Waals surface area contributed by atoms with Crippen LogP contribution in [-0.2, 0) is 4.43 Å². The molecule has 0 aromatic rings. The Hall–Kier alpha value is 0.757. The molecule has 1 saturated carbocycles. The van der Waals surface area contributed by atoms with Crippen LogP contribution in [0.4, 0.5) is 0 Å². The molecule has 1 aliphatic carbocycles. The van der Waals surface area contributed by atoms with Gasteiger partial charge in [-0.3, -0.25) is 0 Å². The molecule has 1 nitrogen and oxygen atoms in total. The summed E-state index contributed by atoms with van der Waals surface area (Å²) in [6.45, 7) is 6.34. The summed E-state index contributed by atoms with van der Waals surface area (Å²) >= 11 is 11.8. The van der Waals surface area contributed by atoms with Crippen molar-refractivity contribution in [2.75, 3.05) is 0 Å². The lowest BCUT2D eigenvalue weighted by Gasteiger charge is -2.31. The van der Waals surface area contributed by atoms with Gasteiger partial charge in [0.05, 0.1) is 0 Å². The summed E-state index contributed by atoms with van der Waals surface area (Å²) in [7, 11) is -1.88. The molecule has 0 aromatic heterocycles. The monoisotopic (exact) mass is 254 g/mol. The van der Waals surface area contributed by atoms with Gasteiger partial charge in [0.25, 0.3) is 0 Å². The normalized spacial score (nSPS) is 21.9. The molecule has 1 fully saturated rings. The van der Waals surface area contributed by atoms with Crippen LogP contribution in [0.3, 0.4) is 0 Å². The molecule has 1 aliphatic rings. The number of halogens is 2. The summed E-state index contributed by atoms with van der Waals surface area (Å²) in [6.07, 6.45) is 5.65. The van der Waals surface area contributed by atoms with E-state index in [9.17, 15) is 0 Å². The number of hydrogen-bond donors (Lipinski definition) is 0. The standard InChI is InChI=1S/C10H20Cl2OSi/c1-8(9-6-4-5-7-9)13-14(2,3)10(11)12/h8-10H,4-7H2,1-3H3. The minimum atomic E-state index is -1.88. The average molecular weight is 255 g/mol.